The summed E-state index contributed by atoms with van der Waals surface area (Å²) in [4.78, 5) is 16.8. The van der Waals surface area contributed by atoms with E-state index < -0.39 is 5.82 Å². The molecule has 0 radical (unpaired) electrons. The van der Waals surface area contributed by atoms with Crippen molar-refractivity contribution in [1.29, 1.82) is 0 Å². The highest BCUT2D eigenvalue weighted by Crippen LogP contribution is 2.21. The van der Waals surface area contributed by atoms with Crippen LogP contribution in [-0.4, -0.2) is 21.2 Å². The van der Waals surface area contributed by atoms with Crippen LogP contribution in [0.4, 0.5) is 14.5 Å². The lowest BCUT2D eigenvalue weighted by atomic mass is 10.2. The van der Waals surface area contributed by atoms with E-state index in [2.05, 4.69) is 10.3 Å². The van der Waals surface area contributed by atoms with E-state index in [9.17, 15) is 13.6 Å². The molecule has 25 heavy (non-hydrogen) atoms. The molecule has 0 aliphatic carbocycles. The molecule has 1 heterocycles. The van der Waals surface area contributed by atoms with Gasteiger partial charge in [-0.05, 0) is 49.4 Å². The normalized spacial score (nSPS) is 10.7. The van der Waals surface area contributed by atoms with Gasteiger partial charge in [-0.1, -0.05) is 0 Å². The van der Waals surface area contributed by atoms with Crippen LogP contribution in [0.2, 0.25) is 0 Å². The third-order valence-corrected chi connectivity index (χ3v) is 4.51. The molecule has 4 nitrogen and oxygen atoms in total. The molecular weight excluding hydrogens is 344 g/mol. The fourth-order valence-corrected chi connectivity index (χ4v) is 2.99. The molecule has 0 spiro atoms. The van der Waals surface area contributed by atoms with Crippen molar-refractivity contribution in [2.24, 2.45) is 0 Å². The number of aromatic nitrogens is 2. The minimum Gasteiger partial charge on any atom is -0.325 e. The van der Waals surface area contributed by atoms with Crippen LogP contribution in [-0.2, 0) is 4.79 Å². The molecule has 1 aromatic heterocycles. The number of nitrogens with one attached hydrogen (secondary N) is 1. The van der Waals surface area contributed by atoms with Crippen molar-refractivity contribution < 1.29 is 13.6 Å². The SMILES string of the molecule is Cc1nccn1-c1ccc(NC(=O)CSc2ccc(F)cc2)cc1F. The average Bonchev–Trinajstić information content (AvgIpc) is 3.00. The van der Waals surface area contributed by atoms with E-state index in [1.807, 2.05) is 0 Å². The lowest BCUT2D eigenvalue weighted by Gasteiger charge is -2.10. The maximum absolute atomic E-state index is 14.3. The van der Waals surface area contributed by atoms with Crippen LogP contribution >= 0.6 is 11.8 Å². The highest BCUT2D eigenvalue weighted by Gasteiger charge is 2.10. The second-order valence-electron chi connectivity index (χ2n) is 5.30. The number of benzene rings is 2. The Balaban J connectivity index is 1.62. The Bertz CT molecular complexity index is 894. The lowest BCUT2D eigenvalue weighted by Crippen LogP contribution is -2.14. The molecular formula is C18H15F2N3OS. The number of carbonyl (C=O) groups excluding carboxylic acids is 1. The van der Waals surface area contributed by atoms with Crippen molar-refractivity contribution in [1.82, 2.24) is 9.55 Å². The zero-order chi connectivity index (χ0) is 17.8. The third kappa shape index (κ3) is 4.24. The fraction of sp³-hybridized carbons (Fsp3) is 0.111. The standard InChI is InChI=1S/C18H15F2N3OS/c1-12-21-8-9-23(12)17-7-4-14(10-16(17)20)22-18(24)11-25-15-5-2-13(19)3-6-15/h2-10H,11H2,1H3,(H,22,24). The highest BCUT2D eigenvalue weighted by molar-refractivity contribution is 8.00. The maximum Gasteiger partial charge on any atom is 0.234 e. The van der Waals surface area contributed by atoms with Crippen LogP contribution in [0.5, 0.6) is 0 Å². The van der Waals surface area contributed by atoms with Gasteiger partial charge in [0.2, 0.25) is 5.91 Å². The molecule has 7 heteroatoms. The minimum atomic E-state index is -0.454. The second-order valence-corrected chi connectivity index (χ2v) is 6.35. The number of halogens is 2. The Morgan fingerprint density at radius 2 is 1.96 bits per heavy atom. The summed E-state index contributed by atoms with van der Waals surface area (Å²) in [6, 6.07) is 10.4. The van der Waals surface area contributed by atoms with Gasteiger partial charge in [0.1, 0.15) is 17.5 Å². The first-order valence-electron chi connectivity index (χ1n) is 7.51. The summed E-state index contributed by atoms with van der Waals surface area (Å²) in [7, 11) is 0. The number of hydrogen-bond donors (Lipinski definition) is 1. The first-order chi connectivity index (χ1) is 12.0. The Kier molecular flexibility index (Phi) is 5.14. The predicted molar refractivity (Wildman–Crippen MR) is 94.0 cm³/mol. The molecule has 0 fully saturated rings. The second kappa shape index (κ2) is 7.48. The summed E-state index contributed by atoms with van der Waals surface area (Å²) in [6.07, 6.45) is 3.27. The molecule has 0 bridgehead atoms. The summed E-state index contributed by atoms with van der Waals surface area (Å²) in [5, 5.41) is 2.65. The van der Waals surface area contributed by atoms with Gasteiger partial charge in [-0.25, -0.2) is 13.8 Å². The van der Waals surface area contributed by atoms with Gasteiger partial charge in [-0.15, -0.1) is 11.8 Å². The quantitative estimate of drug-likeness (QED) is 0.695. The van der Waals surface area contributed by atoms with E-state index in [4.69, 9.17) is 0 Å². The molecule has 0 atom stereocenters. The fourth-order valence-electron chi connectivity index (χ4n) is 2.29. The van der Waals surface area contributed by atoms with E-state index in [-0.39, 0.29) is 17.5 Å². The third-order valence-electron chi connectivity index (χ3n) is 3.50. The molecule has 0 saturated carbocycles. The largest absolute Gasteiger partial charge is 0.325 e. The summed E-state index contributed by atoms with van der Waals surface area (Å²) in [6.45, 7) is 1.78. The van der Waals surface area contributed by atoms with Crippen molar-refractivity contribution in [3.05, 3.63) is 72.3 Å². The molecule has 0 saturated heterocycles. The van der Waals surface area contributed by atoms with Crippen LogP contribution in [0.1, 0.15) is 5.82 Å². The van der Waals surface area contributed by atoms with Gasteiger partial charge in [-0.2, -0.15) is 0 Å². The number of imidazole rings is 1. The van der Waals surface area contributed by atoms with E-state index in [1.165, 1.54) is 30.0 Å². The van der Waals surface area contributed by atoms with Crippen molar-refractivity contribution in [3.8, 4) is 5.69 Å². The zero-order valence-corrected chi connectivity index (χ0v) is 14.2. The molecule has 2 aromatic carbocycles. The van der Waals surface area contributed by atoms with Crippen LogP contribution < -0.4 is 5.32 Å². The Labute approximate surface area is 147 Å². The topological polar surface area (TPSA) is 46.9 Å². The highest BCUT2D eigenvalue weighted by atomic mass is 32.2. The van der Waals surface area contributed by atoms with E-state index in [1.54, 1.807) is 48.1 Å². The van der Waals surface area contributed by atoms with Crippen LogP contribution in [0.25, 0.3) is 5.69 Å². The minimum absolute atomic E-state index is 0.148. The molecule has 128 valence electrons. The van der Waals surface area contributed by atoms with Gasteiger partial charge in [0.25, 0.3) is 0 Å². The smallest absolute Gasteiger partial charge is 0.234 e. The van der Waals surface area contributed by atoms with Crippen LogP contribution in [0.15, 0.2) is 59.8 Å². The van der Waals surface area contributed by atoms with Gasteiger partial charge < -0.3 is 9.88 Å². The number of rotatable bonds is 5. The summed E-state index contributed by atoms with van der Waals surface area (Å²) < 4.78 is 28.8. The summed E-state index contributed by atoms with van der Waals surface area (Å²) >= 11 is 1.28. The zero-order valence-electron chi connectivity index (χ0n) is 13.4. The van der Waals surface area contributed by atoms with Gasteiger partial charge >= 0.3 is 0 Å². The predicted octanol–water partition coefficient (Wildman–Crippen LogP) is 4.19. The van der Waals surface area contributed by atoms with E-state index in [0.29, 0.717) is 17.2 Å². The maximum atomic E-state index is 14.3. The van der Waals surface area contributed by atoms with Crippen molar-refractivity contribution in [2.75, 3.05) is 11.1 Å². The number of hydrogen-bond acceptors (Lipinski definition) is 3. The van der Waals surface area contributed by atoms with Crippen molar-refractivity contribution in [3.63, 3.8) is 0 Å². The Morgan fingerprint density at radius 1 is 1.20 bits per heavy atom. The van der Waals surface area contributed by atoms with Crippen LogP contribution in [0, 0.1) is 18.6 Å². The molecule has 1 amide bonds. The van der Waals surface area contributed by atoms with Gasteiger partial charge in [0, 0.05) is 23.0 Å². The molecule has 3 rings (SSSR count). The lowest BCUT2D eigenvalue weighted by molar-refractivity contribution is -0.113. The monoisotopic (exact) mass is 359 g/mol. The molecule has 0 aliphatic heterocycles. The molecule has 1 N–H and O–H groups in total. The van der Waals surface area contributed by atoms with Crippen LogP contribution in [0.3, 0.4) is 0 Å². The molecule has 0 unspecified atom stereocenters. The molecule has 0 aliphatic rings. The van der Waals surface area contributed by atoms with Gasteiger partial charge in [0.05, 0.1) is 11.4 Å². The first-order valence-corrected chi connectivity index (χ1v) is 8.49. The first kappa shape index (κ1) is 17.2. The number of nitrogens with zero attached hydrogens (tertiary/aromatic N) is 2. The van der Waals surface area contributed by atoms with Crippen molar-refractivity contribution in [2.45, 2.75) is 11.8 Å². The number of anilines is 1. The Hall–Kier alpha value is -2.67. The van der Waals surface area contributed by atoms with Crippen molar-refractivity contribution >= 4 is 23.4 Å². The van der Waals surface area contributed by atoms with Gasteiger partial charge in [-0.3, -0.25) is 4.79 Å². The number of thioether (sulfide) groups is 1. The van der Waals surface area contributed by atoms with E-state index in [0.717, 1.165) is 4.90 Å². The number of amides is 1. The average molecular weight is 359 g/mol. The van der Waals surface area contributed by atoms with Gasteiger partial charge in [0.15, 0.2) is 0 Å². The summed E-state index contributed by atoms with van der Waals surface area (Å²) in [5.74, 6) is -0.218. The Morgan fingerprint density at radius 3 is 2.60 bits per heavy atom. The molecule has 3 aromatic rings. The number of carbonyl (C=O) groups is 1. The summed E-state index contributed by atoms with van der Waals surface area (Å²) in [5.41, 5.74) is 0.748. The number of aryl methyl sites for hydroxylation is 1. The van der Waals surface area contributed by atoms with E-state index >= 15 is 0 Å².